The molecular formula is C13H18N4S. The van der Waals surface area contributed by atoms with Crippen LogP contribution in [0.1, 0.15) is 24.7 Å². The van der Waals surface area contributed by atoms with Crippen molar-refractivity contribution in [2.45, 2.75) is 37.5 Å². The van der Waals surface area contributed by atoms with E-state index < -0.39 is 0 Å². The largest absolute Gasteiger partial charge is 0.398 e. The molecule has 2 rings (SSSR count). The Kier molecular flexibility index (Phi) is 4.25. The summed E-state index contributed by atoms with van der Waals surface area (Å²) in [4.78, 5) is 5.40. The van der Waals surface area contributed by atoms with E-state index in [9.17, 15) is 0 Å². The van der Waals surface area contributed by atoms with E-state index in [-0.39, 0.29) is 0 Å². The van der Waals surface area contributed by atoms with Gasteiger partial charge in [-0.2, -0.15) is 5.10 Å². The summed E-state index contributed by atoms with van der Waals surface area (Å²) in [5.41, 5.74) is 8.01. The molecule has 0 radical (unpaired) electrons. The van der Waals surface area contributed by atoms with Crippen LogP contribution in [0.5, 0.6) is 0 Å². The van der Waals surface area contributed by atoms with E-state index in [1.807, 2.05) is 16.8 Å². The number of aromatic nitrogens is 3. The standard InChI is InChI=1S/C13H18N4S/c1-3-6-17-13(15-9-16-17)8-18-12-7-10(2)4-5-11(12)14/h4-5,7,9H,3,6,8,14H2,1-2H3. The average molecular weight is 262 g/mol. The molecule has 5 heteroatoms. The fourth-order valence-corrected chi connectivity index (χ4v) is 2.72. The summed E-state index contributed by atoms with van der Waals surface area (Å²) in [6, 6.07) is 6.09. The fraction of sp³-hybridized carbons (Fsp3) is 0.385. The van der Waals surface area contributed by atoms with Crippen molar-refractivity contribution < 1.29 is 0 Å². The Labute approximate surface area is 112 Å². The van der Waals surface area contributed by atoms with Crippen LogP contribution in [0.3, 0.4) is 0 Å². The van der Waals surface area contributed by atoms with E-state index in [1.165, 1.54) is 5.56 Å². The summed E-state index contributed by atoms with van der Waals surface area (Å²) >= 11 is 1.71. The molecule has 0 amide bonds. The summed E-state index contributed by atoms with van der Waals surface area (Å²) in [5.74, 6) is 1.80. The summed E-state index contributed by atoms with van der Waals surface area (Å²) < 4.78 is 1.96. The summed E-state index contributed by atoms with van der Waals surface area (Å²) in [7, 11) is 0. The molecule has 0 aliphatic heterocycles. The number of benzene rings is 1. The van der Waals surface area contributed by atoms with Gasteiger partial charge in [-0.25, -0.2) is 9.67 Å². The lowest BCUT2D eigenvalue weighted by atomic mass is 10.2. The van der Waals surface area contributed by atoms with Gasteiger partial charge in [-0.3, -0.25) is 0 Å². The zero-order valence-electron chi connectivity index (χ0n) is 10.8. The molecule has 0 unspecified atom stereocenters. The molecule has 18 heavy (non-hydrogen) atoms. The predicted octanol–water partition coefficient (Wildman–Crippen LogP) is 2.87. The predicted molar refractivity (Wildman–Crippen MR) is 75.5 cm³/mol. The van der Waals surface area contributed by atoms with Crippen LogP contribution in [0.15, 0.2) is 29.4 Å². The van der Waals surface area contributed by atoms with Gasteiger partial charge in [0.1, 0.15) is 12.2 Å². The van der Waals surface area contributed by atoms with E-state index >= 15 is 0 Å². The van der Waals surface area contributed by atoms with Crippen LogP contribution in [-0.4, -0.2) is 14.8 Å². The molecule has 0 bridgehead atoms. The highest BCUT2D eigenvalue weighted by atomic mass is 32.2. The summed E-state index contributed by atoms with van der Waals surface area (Å²) in [6.07, 6.45) is 2.68. The molecule has 1 heterocycles. The molecular weight excluding hydrogens is 244 g/mol. The Hall–Kier alpha value is -1.49. The Morgan fingerprint density at radius 2 is 2.22 bits per heavy atom. The zero-order valence-corrected chi connectivity index (χ0v) is 11.6. The third kappa shape index (κ3) is 3.04. The molecule has 1 aromatic carbocycles. The molecule has 0 atom stereocenters. The highest BCUT2D eigenvalue weighted by Crippen LogP contribution is 2.28. The third-order valence-electron chi connectivity index (χ3n) is 2.66. The van der Waals surface area contributed by atoms with E-state index in [4.69, 9.17) is 5.73 Å². The Morgan fingerprint density at radius 3 is 3.00 bits per heavy atom. The molecule has 96 valence electrons. The van der Waals surface area contributed by atoms with Crippen molar-refractivity contribution in [1.82, 2.24) is 14.8 Å². The molecule has 0 aliphatic rings. The average Bonchev–Trinajstić information content (AvgIpc) is 2.78. The Morgan fingerprint density at radius 1 is 1.39 bits per heavy atom. The number of anilines is 1. The van der Waals surface area contributed by atoms with Crippen LogP contribution in [0.25, 0.3) is 0 Å². The van der Waals surface area contributed by atoms with Gasteiger partial charge in [0.25, 0.3) is 0 Å². The highest BCUT2D eigenvalue weighted by molar-refractivity contribution is 7.98. The van der Waals surface area contributed by atoms with E-state index in [2.05, 4.69) is 30.0 Å². The molecule has 0 aliphatic carbocycles. The van der Waals surface area contributed by atoms with Crippen molar-refractivity contribution in [3.05, 3.63) is 35.9 Å². The van der Waals surface area contributed by atoms with Gasteiger partial charge in [-0.15, -0.1) is 11.8 Å². The number of nitrogen functional groups attached to an aromatic ring is 1. The van der Waals surface area contributed by atoms with Gasteiger partial charge in [-0.05, 0) is 31.0 Å². The second-order valence-electron chi connectivity index (χ2n) is 4.23. The minimum absolute atomic E-state index is 0.799. The van der Waals surface area contributed by atoms with Crippen LogP contribution < -0.4 is 5.73 Å². The van der Waals surface area contributed by atoms with E-state index in [0.29, 0.717) is 0 Å². The van der Waals surface area contributed by atoms with Crippen LogP contribution in [0, 0.1) is 6.92 Å². The number of hydrogen-bond acceptors (Lipinski definition) is 4. The van der Waals surface area contributed by atoms with Crippen LogP contribution in [0.4, 0.5) is 5.69 Å². The molecule has 0 spiro atoms. The lowest BCUT2D eigenvalue weighted by Gasteiger charge is -2.07. The molecule has 1 aromatic heterocycles. The van der Waals surface area contributed by atoms with Gasteiger partial charge in [0, 0.05) is 17.1 Å². The van der Waals surface area contributed by atoms with Crippen LogP contribution in [0.2, 0.25) is 0 Å². The Bertz CT molecular complexity index is 521. The monoisotopic (exact) mass is 262 g/mol. The van der Waals surface area contributed by atoms with Gasteiger partial charge >= 0.3 is 0 Å². The topological polar surface area (TPSA) is 56.7 Å². The summed E-state index contributed by atoms with van der Waals surface area (Å²) in [6.45, 7) is 5.12. The van der Waals surface area contributed by atoms with Gasteiger partial charge in [0.2, 0.25) is 0 Å². The number of hydrogen-bond donors (Lipinski definition) is 1. The van der Waals surface area contributed by atoms with E-state index in [0.717, 1.165) is 35.1 Å². The first kappa shape index (κ1) is 13.0. The van der Waals surface area contributed by atoms with Gasteiger partial charge in [0.15, 0.2) is 0 Å². The van der Waals surface area contributed by atoms with Crippen molar-refractivity contribution in [3.63, 3.8) is 0 Å². The minimum Gasteiger partial charge on any atom is -0.398 e. The SMILES string of the molecule is CCCn1ncnc1CSc1cc(C)ccc1N. The molecule has 0 saturated heterocycles. The first-order valence-corrected chi connectivity index (χ1v) is 7.05. The molecule has 0 saturated carbocycles. The maximum atomic E-state index is 5.96. The first-order valence-electron chi connectivity index (χ1n) is 6.06. The number of nitrogens with zero attached hydrogens (tertiary/aromatic N) is 3. The normalized spacial score (nSPS) is 10.8. The minimum atomic E-state index is 0.799. The van der Waals surface area contributed by atoms with Crippen molar-refractivity contribution in [3.8, 4) is 0 Å². The Balaban J connectivity index is 2.06. The molecule has 4 nitrogen and oxygen atoms in total. The highest BCUT2D eigenvalue weighted by Gasteiger charge is 2.06. The van der Waals surface area contributed by atoms with Crippen molar-refractivity contribution >= 4 is 17.4 Å². The van der Waals surface area contributed by atoms with Crippen molar-refractivity contribution in [2.75, 3.05) is 5.73 Å². The van der Waals surface area contributed by atoms with Gasteiger partial charge < -0.3 is 5.73 Å². The van der Waals surface area contributed by atoms with Crippen molar-refractivity contribution in [2.24, 2.45) is 0 Å². The maximum absolute atomic E-state index is 5.96. The second kappa shape index (κ2) is 5.91. The smallest absolute Gasteiger partial charge is 0.138 e. The molecule has 0 fully saturated rings. The lowest BCUT2D eigenvalue weighted by Crippen LogP contribution is -2.04. The first-order chi connectivity index (χ1) is 8.70. The fourth-order valence-electron chi connectivity index (χ4n) is 1.71. The zero-order chi connectivity index (χ0) is 13.0. The van der Waals surface area contributed by atoms with Gasteiger partial charge in [0.05, 0.1) is 5.75 Å². The van der Waals surface area contributed by atoms with Gasteiger partial charge in [-0.1, -0.05) is 13.0 Å². The van der Waals surface area contributed by atoms with Crippen LogP contribution >= 0.6 is 11.8 Å². The number of rotatable bonds is 5. The quantitative estimate of drug-likeness (QED) is 0.665. The molecule has 2 N–H and O–H groups in total. The van der Waals surface area contributed by atoms with Crippen LogP contribution in [-0.2, 0) is 12.3 Å². The van der Waals surface area contributed by atoms with Crippen molar-refractivity contribution in [1.29, 1.82) is 0 Å². The maximum Gasteiger partial charge on any atom is 0.138 e. The number of thioether (sulfide) groups is 1. The molecule has 2 aromatic rings. The number of nitrogens with two attached hydrogens (primary N) is 1. The van der Waals surface area contributed by atoms with E-state index in [1.54, 1.807) is 18.1 Å². The summed E-state index contributed by atoms with van der Waals surface area (Å²) in [5, 5.41) is 4.22. The second-order valence-corrected chi connectivity index (χ2v) is 5.25. The lowest BCUT2D eigenvalue weighted by molar-refractivity contribution is 0.581. The number of aryl methyl sites for hydroxylation is 2. The third-order valence-corrected chi connectivity index (χ3v) is 3.72.